The molecule has 2 heterocycles. The number of pyridine rings is 1. The number of halogens is 1. The molecule has 0 saturated carbocycles. The van der Waals surface area contributed by atoms with Crippen molar-refractivity contribution in [1.29, 1.82) is 0 Å². The number of sulfone groups is 1. The van der Waals surface area contributed by atoms with Crippen LogP contribution in [-0.2, 0) is 14.6 Å². The Morgan fingerprint density at radius 1 is 1.03 bits per heavy atom. The number of benzene rings is 2. The Hall–Kier alpha value is -3.69. The van der Waals surface area contributed by atoms with Crippen molar-refractivity contribution in [2.45, 2.75) is 36.6 Å². The predicted molar refractivity (Wildman–Crippen MR) is 138 cm³/mol. The molecule has 0 saturated heterocycles. The van der Waals surface area contributed by atoms with Crippen LogP contribution in [0.15, 0.2) is 70.7 Å². The quantitative estimate of drug-likeness (QED) is 0.333. The van der Waals surface area contributed by atoms with Crippen LogP contribution in [0, 0.1) is 13.8 Å². The summed E-state index contributed by atoms with van der Waals surface area (Å²) in [7, 11) is -4.11. The van der Waals surface area contributed by atoms with Crippen molar-refractivity contribution in [1.82, 2.24) is 20.6 Å². The minimum Gasteiger partial charge on any atom is -0.349 e. The van der Waals surface area contributed by atoms with Crippen molar-refractivity contribution in [2.24, 2.45) is 0 Å². The van der Waals surface area contributed by atoms with Gasteiger partial charge in [-0.2, -0.15) is 0 Å². The van der Waals surface area contributed by atoms with Gasteiger partial charge in [0.1, 0.15) is 10.6 Å². The lowest BCUT2D eigenvalue weighted by atomic mass is 10.1. The van der Waals surface area contributed by atoms with E-state index in [1.54, 1.807) is 62.6 Å². The molecule has 2 aromatic heterocycles. The summed E-state index contributed by atoms with van der Waals surface area (Å²) in [6, 6.07) is 13.0. The number of H-pyrrole nitrogens is 1. The molecule has 1 atom stereocenters. The maximum atomic E-state index is 13.8. The second-order valence-electron chi connectivity index (χ2n) is 8.60. The number of nitrogens with one attached hydrogen (secondary N) is 3. The molecule has 3 N–H and O–H groups in total. The maximum Gasteiger partial charge on any atom is 0.269 e. The Kier molecular flexibility index (Phi) is 7.14. The van der Waals surface area contributed by atoms with E-state index in [9.17, 15) is 18.0 Å². The van der Waals surface area contributed by atoms with Crippen LogP contribution in [0.1, 0.15) is 40.1 Å². The third-order valence-electron chi connectivity index (χ3n) is 5.71. The summed E-state index contributed by atoms with van der Waals surface area (Å²) >= 11 is 6.16. The lowest BCUT2D eigenvalue weighted by molar-refractivity contribution is -0.120. The van der Waals surface area contributed by atoms with Gasteiger partial charge in [-0.15, -0.1) is 0 Å². The van der Waals surface area contributed by atoms with E-state index < -0.39 is 21.7 Å². The standard InChI is InChI=1S/C26H25ClN4O4S/c1-15-10-16(2)12-20(11-15)36(34,35)25-21-13-19(27)4-5-22(21)31-24(25)26(33)29-14-23(32)30-17(3)18-6-8-28-9-7-18/h4-13,17,31H,14H2,1-3H3,(H,29,33)(H,30,32). The van der Waals surface area contributed by atoms with Gasteiger partial charge in [-0.1, -0.05) is 17.7 Å². The molecular formula is C26H25ClN4O4S. The highest BCUT2D eigenvalue weighted by atomic mass is 35.5. The summed E-state index contributed by atoms with van der Waals surface area (Å²) in [5, 5.41) is 5.94. The van der Waals surface area contributed by atoms with Crippen LogP contribution in [0.4, 0.5) is 0 Å². The lowest BCUT2D eigenvalue weighted by Crippen LogP contribution is -2.38. The lowest BCUT2D eigenvalue weighted by Gasteiger charge is -2.14. The van der Waals surface area contributed by atoms with Crippen LogP contribution < -0.4 is 10.6 Å². The number of rotatable bonds is 7. The fourth-order valence-electron chi connectivity index (χ4n) is 4.06. The van der Waals surface area contributed by atoms with Gasteiger partial charge >= 0.3 is 0 Å². The molecule has 36 heavy (non-hydrogen) atoms. The van der Waals surface area contributed by atoms with Crippen LogP contribution in [0.2, 0.25) is 5.02 Å². The summed E-state index contributed by atoms with van der Waals surface area (Å²) in [6.45, 7) is 5.08. The molecule has 8 nitrogen and oxygen atoms in total. The zero-order valence-electron chi connectivity index (χ0n) is 19.9. The first-order valence-electron chi connectivity index (χ1n) is 11.2. The number of hydrogen-bond donors (Lipinski definition) is 3. The molecular weight excluding hydrogens is 500 g/mol. The van der Waals surface area contributed by atoms with Crippen LogP contribution in [0.25, 0.3) is 10.9 Å². The highest BCUT2D eigenvalue weighted by molar-refractivity contribution is 7.91. The van der Waals surface area contributed by atoms with E-state index in [4.69, 9.17) is 11.6 Å². The molecule has 0 aliphatic carbocycles. The van der Waals surface area contributed by atoms with Crippen molar-refractivity contribution in [2.75, 3.05) is 6.54 Å². The van der Waals surface area contributed by atoms with Gasteiger partial charge in [-0.05, 0) is 79.9 Å². The fourth-order valence-corrected chi connectivity index (χ4v) is 6.02. The Labute approximate surface area is 214 Å². The molecule has 2 amide bonds. The van der Waals surface area contributed by atoms with Gasteiger partial charge in [0.15, 0.2) is 0 Å². The van der Waals surface area contributed by atoms with Crippen molar-refractivity contribution in [3.63, 3.8) is 0 Å². The highest BCUT2D eigenvalue weighted by Gasteiger charge is 2.30. The molecule has 0 spiro atoms. The molecule has 0 aliphatic heterocycles. The summed E-state index contributed by atoms with van der Waals surface area (Å²) in [6.07, 6.45) is 3.25. The minimum atomic E-state index is -4.11. The zero-order valence-corrected chi connectivity index (χ0v) is 21.5. The van der Waals surface area contributed by atoms with E-state index >= 15 is 0 Å². The van der Waals surface area contributed by atoms with Gasteiger partial charge in [-0.3, -0.25) is 14.6 Å². The normalized spacial score (nSPS) is 12.3. The SMILES string of the molecule is Cc1cc(C)cc(S(=O)(=O)c2c(C(=O)NCC(=O)NC(C)c3ccncc3)[nH]c3ccc(Cl)cc23)c1. The molecule has 0 fully saturated rings. The largest absolute Gasteiger partial charge is 0.349 e. The van der Waals surface area contributed by atoms with E-state index in [2.05, 4.69) is 20.6 Å². The molecule has 0 bridgehead atoms. The van der Waals surface area contributed by atoms with Crippen molar-refractivity contribution < 1.29 is 18.0 Å². The van der Waals surface area contributed by atoms with Crippen molar-refractivity contribution >= 4 is 44.2 Å². The smallest absolute Gasteiger partial charge is 0.269 e. The number of fused-ring (bicyclic) bond motifs is 1. The summed E-state index contributed by atoms with van der Waals surface area (Å²) in [4.78, 5) is 32.4. The van der Waals surface area contributed by atoms with Crippen molar-refractivity contribution in [3.05, 3.63) is 88.3 Å². The van der Waals surface area contributed by atoms with Crippen molar-refractivity contribution in [3.8, 4) is 0 Å². The molecule has 0 aliphatic rings. The molecule has 186 valence electrons. The molecule has 1 unspecified atom stereocenters. The van der Waals surface area contributed by atoms with Crippen LogP contribution in [0.5, 0.6) is 0 Å². The number of nitrogens with zero attached hydrogens (tertiary/aromatic N) is 1. The molecule has 10 heteroatoms. The topological polar surface area (TPSA) is 121 Å². The number of carbonyl (C=O) groups is 2. The monoisotopic (exact) mass is 524 g/mol. The Morgan fingerprint density at radius 3 is 2.36 bits per heavy atom. The van der Waals surface area contributed by atoms with E-state index in [1.807, 2.05) is 13.0 Å². The zero-order chi connectivity index (χ0) is 26.0. The average molecular weight is 525 g/mol. The number of aromatic nitrogens is 2. The summed E-state index contributed by atoms with van der Waals surface area (Å²) in [5.41, 5.74) is 2.68. The predicted octanol–water partition coefficient (Wildman–Crippen LogP) is 4.27. The first-order chi connectivity index (χ1) is 17.1. The molecule has 0 radical (unpaired) electrons. The van der Waals surface area contributed by atoms with E-state index in [0.29, 0.717) is 15.9 Å². The van der Waals surface area contributed by atoms with Crippen LogP contribution in [0.3, 0.4) is 0 Å². The third kappa shape index (κ3) is 5.27. The van der Waals surface area contributed by atoms with Gasteiger partial charge < -0.3 is 15.6 Å². The van der Waals surface area contributed by atoms with E-state index in [0.717, 1.165) is 16.7 Å². The van der Waals surface area contributed by atoms with Crippen LogP contribution >= 0.6 is 11.6 Å². The first-order valence-corrected chi connectivity index (χ1v) is 13.0. The van der Waals surface area contributed by atoms with Gasteiger partial charge in [0, 0.05) is 28.3 Å². The third-order valence-corrected chi connectivity index (χ3v) is 7.76. The number of aromatic amines is 1. The number of amides is 2. The number of aryl methyl sites for hydroxylation is 2. The van der Waals surface area contributed by atoms with Crippen LogP contribution in [-0.4, -0.2) is 36.7 Å². The van der Waals surface area contributed by atoms with E-state index in [1.165, 1.54) is 6.07 Å². The first kappa shape index (κ1) is 25.4. The molecule has 4 aromatic rings. The average Bonchev–Trinajstić information content (AvgIpc) is 3.22. The van der Waals surface area contributed by atoms with Gasteiger partial charge in [0.25, 0.3) is 5.91 Å². The number of hydrogen-bond acceptors (Lipinski definition) is 5. The number of carbonyl (C=O) groups excluding carboxylic acids is 2. The highest BCUT2D eigenvalue weighted by Crippen LogP contribution is 2.34. The Morgan fingerprint density at radius 2 is 1.69 bits per heavy atom. The molecule has 2 aromatic carbocycles. The van der Waals surface area contributed by atoms with Gasteiger partial charge in [-0.25, -0.2) is 8.42 Å². The molecule has 4 rings (SSSR count). The summed E-state index contributed by atoms with van der Waals surface area (Å²) in [5.74, 6) is -1.15. The second-order valence-corrected chi connectivity index (χ2v) is 10.9. The fraction of sp³-hybridized carbons (Fsp3) is 0.192. The minimum absolute atomic E-state index is 0.0684. The van der Waals surface area contributed by atoms with Gasteiger partial charge in [0.05, 0.1) is 17.5 Å². The second kappa shape index (κ2) is 10.1. The van der Waals surface area contributed by atoms with Gasteiger partial charge in [0.2, 0.25) is 15.7 Å². The summed E-state index contributed by atoms with van der Waals surface area (Å²) < 4.78 is 27.5. The Bertz CT molecular complexity index is 1550. The van der Waals surface area contributed by atoms with E-state index in [-0.39, 0.29) is 28.1 Å². The Balaban J connectivity index is 1.65. The maximum absolute atomic E-state index is 13.8.